The molecule has 3 aromatic rings. The van der Waals surface area contributed by atoms with E-state index in [9.17, 15) is 0 Å². The summed E-state index contributed by atoms with van der Waals surface area (Å²) in [5.41, 5.74) is 2.39. The molecule has 0 saturated carbocycles. The molecule has 0 aliphatic heterocycles. The van der Waals surface area contributed by atoms with Crippen LogP contribution in [0.3, 0.4) is 0 Å². The van der Waals surface area contributed by atoms with E-state index in [-0.39, 0.29) is 0 Å². The minimum Gasteiger partial charge on any atom is -0.494 e. The fourth-order valence-electron chi connectivity index (χ4n) is 2.62. The van der Waals surface area contributed by atoms with E-state index in [1.165, 1.54) is 21.9 Å². The summed E-state index contributed by atoms with van der Waals surface area (Å²) in [4.78, 5) is 4.14. The van der Waals surface area contributed by atoms with Gasteiger partial charge in [-0.25, -0.2) is 0 Å². The zero-order valence-electron chi connectivity index (χ0n) is 12.8. The molecule has 0 amide bonds. The first-order valence-electron chi connectivity index (χ1n) is 7.61. The van der Waals surface area contributed by atoms with Crippen LogP contribution in [0, 0.1) is 0 Å². The van der Waals surface area contributed by atoms with Crippen molar-refractivity contribution in [2.45, 2.75) is 20.0 Å². The topological polar surface area (TPSA) is 34.1 Å². The van der Waals surface area contributed by atoms with Crippen LogP contribution >= 0.6 is 0 Å². The van der Waals surface area contributed by atoms with E-state index < -0.39 is 0 Å². The molecule has 3 rings (SSSR count). The van der Waals surface area contributed by atoms with Gasteiger partial charge in [0.15, 0.2) is 0 Å². The van der Waals surface area contributed by atoms with Crippen LogP contribution in [0.15, 0.2) is 60.9 Å². The highest BCUT2D eigenvalue weighted by Crippen LogP contribution is 2.28. The van der Waals surface area contributed by atoms with Crippen molar-refractivity contribution in [3.8, 4) is 5.75 Å². The van der Waals surface area contributed by atoms with Gasteiger partial charge in [0.1, 0.15) is 5.75 Å². The summed E-state index contributed by atoms with van der Waals surface area (Å²) in [7, 11) is 0. The SMILES string of the molecule is CCOc1ccc2ccccc2c1CNCc1cccnc1. The van der Waals surface area contributed by atoms with Crippen molar-refractivity contribution < 1.29 is 4.74 Å². The molecule has 3 heteroatoms. The van der Waals surface area contributed by atoms with Crippen LogP contribution in [0.1, 0.15) is 18.1 Å². The van der Waals surface area contributed by atoms with Crippen LogP contribution in [0.5, 0.6) is 5.75 Å². The van der Waals surface area contributed by atoms with Gasteiger partial charge in [-0.2, -0.15) is 0 Å². The van der Waals surface area contributed by atoms with E-state index in [4.69, 9.17) is 4.74 Å². The van der Waals surface area contributed by atoms with Crippen LogP contribution in [0.25, 0.3) is 10.8 Å². The molecule has 0 radical (unpaired) electrons. The average molecular weight is 292 g/mol. The van der Waals surface area contributed by atoms with Gasteiger partial charge < -0.3 is 10.1 Å². The van der Waals surface area contributed by atoms with E-state index in [1.807, 2.05) is 19.2 Å². The molecule has 0 aliphatic carbocycles. The van der Waals surface area contributed by atoms with Crippen molar-refractivity contribution in [2.24, 2.45) is 0 Å². The Morgan fingerprint density at radius 3 is 2.73 bits per heavy atom. The number of fused-ring (bicyclic) bond motifs is 1. The van der Waals surface area contributed by atoms with Gasteiger partial charge in [0.05, 0.1) is 6.61 Å². The lowest BCUT2D eigenvalue weighted by Gasteiger charge is -2.14. The molecule has 1 N–H and O–H groups in total. The predicted molar refractivity (Wildman–Crippen MR) is 89.9 cm³/mol. The molecule has 3 nitrogen and oxygen atoms in total. The molecule has 22 heavy (non-hydrogen) atoms. The number of hydrogen-bond acceptors (Lipinski definition) is 3. The summed E-state index contributed by atoms with van der Waals surface area (Å²) in [5.74, 6) is 0.958. The Morgan fingerprint density at radius 2 is 1.91 bits per heavy atom. The Morgan fingerprint density at radius 1 is 1.00 bits per heavy atom. The fraction of sp³-hybridized carbons (Fsp3) is 0.211. The van der Waals surface area contributed by atoms with Crippen LogP contribution in [-0.4, -0.2) is 11.6 Å². The number of nitrogens with one attached hydrogen (secondary N) is 1. The monoisotopic (exact) mass is 292 g/mol. The molecular formula is C19H20N2O. The quantitative estimate of drug-likeness (QED) is 0.747. The van der Waals surface area contributed by atoms with Crippen molar-refractivity contribution in [2.75, 3.05) is 6.61 Å². The van der Waals surface area contributed by atoms with Crippen LogP contribution < -0.4 is 10.1 Å². The number of hydrogen-bond donors (Lipinski definition) is 1. The van der Waals surface area contributed by atoms with E-state index in [0.717, 1.165) is 18.8 Å². The number of pyridine rings is 1. The highest BCUT2D eigenvalue weighted by atomic mass is 16.5. The molecule has 0 saturated heterocycles. The van der Waals surface area contributed by atoms with Crippen molar-refractivity contribution in [3.05, 3.63) is 72.1 Å². The van der Waals surface area contributed by atoms with E-state index in [0.29, 0.717) is 6.61 Å². The van der Waals surface area contributed by atoms with Crippen LogP contribution in [-0.2, 0) is 13.1 Å². The first kappa shape index (κ1) is 14.5. The van der Waals surface area contributed by atoms with Crippen molar-refractivity contribution in [1.29, 1.82) is 0 Å². The third kappa shape index (κ3) is 3.26. The number of rotatable bonds is 6. The average Bonchev–Trinajstić information content (AvgIpc) is 2.57. The smallest absolute Gasteiger partial charge is 0.124 e. The molecule has 112 valence electrons. The number of nitrogens with zero attached hydrogens (tertiary/aromatic N) is 1. The lowest BCUT2D eigenvalue weighted by atomic mass is 10.0. The molecule has 1 aromatic heterocycles. The predicted octanol–water partition coefficient (Wildman–Crippen LogP) is 3.92. The molecule has 0 spiro atoms. The number of aromatic nitrogens is 1. The standard InChI is InChI=1S/C19H20N2O/c1-2-22-19-10-9-16-7-3-4-8-17(16)18(19)14-21-13-15-6-5-11-20-12-15/h3-12,21H,2,13-14H2,1H3. The minimum atomic E-state index is 0.675. The highest BCUT2D eigenvalue weighted by molar-refractivity contribution is 5.87. The van der Waals surface area contributed by atoms with Gasteiger partial charge in [-0.15, -0.1) is 0 Å². The maximum Gasteiger partial charge on any atom is 0.124 e. The van der Waals surface area contributed by atoms with Gasteiger partial charge in [0, 0.05) is 31.0 Å². The normalized spacial score (nSPS) is 10.8. The number of benzene rings is 2. The van der Waals surface area contributed by atoms with Gasteiger partial charge in [-0.1, -0.05) is 36.4 Å². The van der Waals surface area contributed by atoms with Crippen LogP contribution in [0.4, 0.5) is 0 Å². The summed E-state index contributed by atoms with van der Waals surface area (Å²) >= 11 is 0. The van der Waals surface area contributed by atoms with Gasteiger partial charge in [0.25, 0.3) is 0 Å². The molecule has 2 aromatic carbocycles. The maximum atomic E-state index is 5.80. The second-order valence-electron chi connectivity index (χ2n) is 5.16. The minimum absolute atomic E-state index is 0.675. The first-order valence-corrected chi connectivity index (χ1v) is 7.61. The first-order chi connectivity index (χ1) is 10.9. The van der Waals surface area contributed by atoms with Gasteiger partial charge >= 0.3 is 0 Å². The van der Waals surface area contributed by atoms with Gasteiger partial charge in [-0.3, -0.25) is 4.98 Å². The fourth-order valence-corrected chi connectivity index (χ4v) is 2.62. The molecule has 0 bridgehead atoms. The van der Waals surface area contributed by atoms with E-state index >= 15 is 0 Å². The largest absolute Gasteiger partial charge is 0.494 e. The lowest BCUT2D eigenvalue weighted by molar-refractivity contribution is 0.336. The van der Waals surface area contributed by atoms with Gasteiger partial charge in [-0.05, 0) is 35.4 Å². The molecule has 0 aliphatic rings. The zero-order valence-corrected chi connectivity index (χ0v) is 12.8. The summed E-state index contributed by atoms with van der Waals surface area (Å²) in [5, 5.41) is 5.97. The van der Waals surface area contributed by atoms with E-state index in [2.05, 4.69) is 52.8 Å². The van der Waals surface area contributed by atoms with Gasteiger partial charge in [0.2, 0.25) is 0 Å². The van der Waals surface area contributed by atoms with Crippen LogP contribution in [0.2, 0.25) is 0 Å². The maximum absolute atomic E-state index is 5.80. The Hall–Kier alpha value is -2.39. The Kier molecular flexibility index (Phi) is 4.66. The summed E-state index contributed by atoms with van der Waals surface area (Å²) in [6.45, 7) is 4.25. The Labute approximate surface area is 131 Å². The Balaban J connectivity index is 1.82. The summed E-state index contributed by atoms with van der Waals surface area (Å²) < 4.78 is 5.80. The molecule has 0 unspecified atom stereocenters. The summed E-state index contributed by atoms with van der Waals surface area (Å²) in [6.07, 6.45) is 3.68. The van der Waals surface area contributed by atoms with Crippen molar-refractivity contribution in [1.82, 2.24) is 10.3 Å². The number of ether oxygens (including phenoxy) is 1. The molecular weight excluding hydrogens is 272 g/mol. The lowest BCUT2D eigenvalue weighted by Crippen LogP contribution is -2.14. The zero-order chi connectivity index (χ0) is 15.2. The second-order valence-corrected chi connectivity index (χ2v) is 5.16. The summed E-state index contributed by atoms with van der Waals surface area (Å²) in [6, 6.07) is 16.6. The second kappa shape index (κ2) is 7.05. The van der Waals surface area contributed by atoms with Crippen molar-refractivity contribution in [3.63, 3.8) is 0 Å². The molecule has 0 atom stereocenters. The molecule has 1 heterocycles. The highest BCUT2D eigenvalue weighted by Gasteiger charge is 2.08. The third-order valence-corrected chi connectivity index (χ3v) is 3.65. The molecule has 0 fully saturated rings. The third-order valence-electron chi connectivity index (χ3n) is 3.65. The van der Waals surface area contributed by atoms with E-state index in [1.54, 1.807) is 6.20 Å². The Bertz CT molecular complexity index is 741. The van der Waals surface area contributed by atoms with Crippen molar-refractivity contribution >= 4 is 10.8 Å².